The van der Waals surface area contributed by atoms with Gasteiger partial charge in [-0.1, -0.05) is 35.9 Å². The molecule has 4 N–H and O–H groups in total. The summed E-state index contributed by atoms with van der Waals surface area (Å²) in [6.45, 7) is 0. The molecule has 0 radical (unpaired) electrons. The summed E-state index contributed by atoms with van der Waals surface area (Å²) < 4.78 is 0. The summed E-state index contributed by atoms with van der Waals surface area (Å²) in [5.74, 6) is -0.624. The van der Waals surface area contributed by atoms with Crippen molar-refractivity contribution in [2.75, 3.05) is 11.5 Å². The van der Waals surface area contributed by atoms with Crippen molar-refractivity contribution >= 4 is 46.2 Å². The molecule has 5 rings (SSSR count). The number of aromatic nitrogens is 4. The molecule has 160 valence electrons. The summed E-state index contributed by atoms with van der Waals surface area (Å²) in [4.78, 5) is 42.6. The summed E-state index contributed by atoms with van der Waals surface area (Å²) >= 11 is 6.18. The van der Waals surface area contributed by atoms with E-state index in [9.17, 15) is 9.59 Å². The molecule has 0 spiro atoms. The van der Waals surface area contributed by atoms with Crippen LogP contribution >= 0.6 is 11.6 Å². The lowest BCUT2D eigenvalue weighted by molar-refractivity contribution is 0.0979. The molecule has 2 aromatic carbocycles. The highest BCUT2D eigenvalue weighted by Gasteiger charge is 2.33. The average molecular weight is 457 g/mol. The third kappa shape index (κ3) is 3.38. The van der Waals surface area contributed by atoms with E-state index in [4.69, 9.17) is 23.1 Å². The molecule has 0 saturated heterocycles. The Bertz CT molecular complexity index is 1460. The standard InChI is InChI=1S/C22H13ClN8O2/c23-12-5-1-3-10-15(12)18(32)11-4-2-6-13(16(11)19(10)33)30-31-17-20(24)28-22(29-21(17)25)14-9-26-7-8-27-14/h1-9H,(H4,24,25,28,29)/b31-30+. The van der Waals surface area contributed by atoms with Crippen molar-refractivity contribution in [3.05, 3.63) is 82.3 Å². The molecular formula is C22H13ClN8O2. The first-order chi connectivity index (χ1) is 16.0. The molecule has 10 nitrogen and oxygen atoms in total. The molecule has 11 heteroatoms. The number of ketones is 2. The normalized spacial score (nSPS) is 12.6. The van der Waals surface area contributed by atoms with E-state index < -0.39 is 0 Å². The first-order valence-corrected chi connectivity index (χ1v) is 9.95. The summed E-state index contributed by atoms with van der Waals surface area (Å²) in [7, 11) is 0. The highest BCUT2D eigenvalue weighted by atomic mass is 35.5. The van der Waals surface area contributed by atoms with E-state index in [0.29, 0.717) is 5.69 Å². The van der Waals surface area contributed by atoms with Crippen molar-refractivity contribution < 1.29 is 9.59 Å². The molecule has 0 saturated carbocycles. The van der Waals surface area contributed by atoms with E-state index in [2.05, 4.69) is 30.2 Å². The molecule has 0 atom stereocenters. The topological polar surface area (TPSA) is 162 Å². The molecular weight excluding hydrogens is 444 g/mol. The highest BCUT2D eigenvalue weighted by molar-refractivity contribution is 6.39. The average Bonchev–Trinajstić information content (AvgIpc) is 2.82. The molecule has 0 unspecified atom stereocenters. The van der Waals surface area contributed by atoms with Gasteiger partial charge in [0.2, 0.25) is 0 Å². The second-order valence-corrected chi connectivity index (χ2v) is 7.38. The van der Waals surface area contributed by atoms with Crippen LogP contribution in [0.5, 0.6) is 0 Å². The van der Waals surface area contributed by atoms with Crippen molar-refractivity contribution in [2.45, 2.75) is 0 Å². The van der Waals surface area contributed by atoms with Crippen molar-refractivity contribution in [3.8, 4) is 11.5 Å². The zero-order chi connectivity index (χ0) is 23.1. The van der Waals surface area contributed by atoms with Gasteiger partial charge in [-0.2, -0.15) is 0 Å². The fourth-order valence-corrected chi connectivity index (χ4v) is 3.75. The lowest BCUT2D eigenvalue weighted by atomic mass is 9.83. The number of fused-ring (bicyclic) bond motifs is 2. The van der Waals surface area contributed by atoms with Crippen LogP contribution in [0.25, 0.3) is 11.5 Å². The Labute approximate surface area is 191 Å². The maximum Gasteiger partial charge on any atom is 0.196 e. The van der Waals surface area contributed by atoms with Gasteiger partial charge in [-0.15, -0.1) is 10.2 Å². The van der Waals surface area contributed by atoms with E-state index in [-0.39, 0.29) is 67.7 Å². The van der Waals surface area contributed by atoms with E-state index in [1.807, 2.05) is 0 Å². The van der Waals surface area contributed by atoms with Crippen molar-refractivity contribution in [2.24, 2.45) is 10.2 Å². The number of rotatable bonds is 3. The highest BCUT2D eigenvalue weighted by Crippen LogP contribution is 2.37. The Morgan fingerprint density at radius 1 is 0.818 bits per heavy atom. The van der Waals surface area contributed by atoms with E-state index in [1.54, 1.807) is 36.4 Å². The zero-order valence-electron chi connectivity index (χ0n) is 16.7. The quantitative estimate of drug-likeness (QED) is 0.385. The minimum atomic E-state index is -0.383. The Morgan fingerprint density at radius 2 is 1.48 bits per heavy atom. The maximum absolute atomic E-state index is 13.2. The molecule has 0 bridgehead atoms. The molecule has 0 amide bonds. The molecule has 1 aliphatic carbocycles. The van der Waals surface area contributed by atoms with Crippen LogP contribution in [0.2, 0.25) is 5.02 Å². The second-order valence-electron chi connectivity index (χ2n) is 6.98. The van der Waals surface area contributed by atoms with Crippen LogP contribution in [0.3, 0.4) is 0 Å². The van der Waals surface area contributed by atoms with Gasteiger partial charge >= 0.3 is 0 Å². The fraction of sp³-hybridized carbons (Fsp3) is 0. The Morgan fingerprint density at radius 3 is 2.18 bits per heavy atom. The number of hydrogen-bond acceptors (Lipinski definition) is 10. The summed E-state index contributed by atoms with van der Waals surface area (Å²) in [6, 6.07) is 9.43. The van der Waals surface area contributed by atoms with Crippen LogP contribution in [0.15, 0.2) is 65.2 Å². The van der Waals surface area contributed by atoms with Crippen molar-refractivity contribution in [1.29, 1.82) is 0 Å². The van der Waals surface area contributed by atoms with Gasteiger partial charge in [0.25, 0.3) is 0 Å². The number of hydrogen-bond donors (Lipinski definition) is 2. The molecule has 2 aromatic heterocycles. The number of nitrogens with two attached hydrogens (primary N) is 2. The number of halogens is 1. The van der Waals surface area contributed by atoms with Crippen molar-refractivity contribution in [1.82, 2.24) is 19.9 Å². The van der Waals surface area contributed by atoms with Gasteiger partial charge in [-0.3, -0.25) is 14.6 Å². The zero-order valence-corrected chi connectivity index (χ0v) is 17.5. The van der Waals surface area contributed by atoms with E-state index in [0.717, 1.165) is 0 Å². The first-order valence-electron chi connectivity index (χ1n) is 9.57. The van der Waals surface area contributed by atoms with Crippen LogP contribution in [0.1, 0.15) is 31.8 Å². The molecule has 2 heterocycles. The minimum Gasteiger partial charge on any atom is -0.382 e. The predicted molar refractivity (Wildman–Crippen MR) is 121 cm³/mol. The number of nitrogen functional groups attached to an aromatic ring is 2. The number of benzene rings is 2. The third-order valence-electron chi connectivity index (χ3n) is 4.99. The second kappa shape index (κ2) is 7.84. The summed E-state index contributed by atoms with van der Waals surface area (Å²) in [6.07, 6.45) is 4.47. The van der Waals surface area contributed by atoms with Crippen molar-refractivity contribution in [3.63, 3.8) is 0 Å². The smallest absolute Gasteiger partial charge is 0.196 e. The predicted octanol–water partition coefficient (Wildman–Crippen LogP) is 3.94. The Kier molecular flexibility index (Phi) is 4.83. The number of azo groups is 1. The van der Waals surface area contributed by atoms with E-state index in [1.165, 1.54) is 18.6 Å². The summed E-state index contributed by atoms with van der Waals surface area (Å²) in [5, 5.41) is 8.43. The molecule has 33 heavy (non-hydrogen) atoms. The largest absolute Gasteiger partial charge is 0.382 e. The van der Waals surface area contributed by atoms with Gasteiger partial charge in [0.05, 0.1) is 28.0 Å². The number of carbonyl (C=O) groups excluding carboxylic acids is 2. The van der Waals surface area contributed by atoms with Gasteiger partial charge in [-0.05, 0) is 12.1 Å². The number of anilines is 2. The van der Waals surface area contributed by atoms with Crippen LogP contribution in [-0.4, -0.2) is 31.5 Å². The van der Waals surface area contributed by atoms with Gasteiger partial charge in [0.15, 0.2) is 34.7 Å². The molecule has 1 aliphatic rings. The molecule has 0 fully saturated rings. The lowest BCUT2D eigenvalue weighted by Crippen LogP contribution is -2.21. The van der Waals surface area contributed by atoms with Gasteiger partial charge in [0.1, 0.15) is 5.69 Å². The Hall–Kier alpha value is -4.57. The maximum atomic E-state index is 13.2. The van der Waals surface area contributed by atoms with Crippen LogP contribution < -0.4 is 11.5 Å². The molecule has 4 aromatic rings. The fourth-order valence-electron chi connectivity index (χ4n) is 3.49. The number of carbonyl (C=O) groups is 2. The van der Waals surface area contributed by atoms with Gasteiger partial charge < -0.3 is 11.5 Å². The molecule has 0 aliphatic heterocycles. The summed E-state index contributed by atoms with van der Waals surface area (Å²) in [5.41, 5.74) is 13.3. The Balaban J connectivity index is 1.57. The van der Waals surface area contributed by atoms with Gasteiger partial charge in [-0.25, -0.2) is 15.0 Å². The SMILES string of the molecule is Nc1nc(-c2cnccn2)nc(N)c1/N=N/c1cccc2c1C(=O)c1cccc(Cl)c1C2=O. The van der Waals surface area contributed by atoms with Crippen LogP contribution in [-0.2, 0) is 0 Å². The van der Waals surface area contributed by atoms with Crippen LogP contribution in [0.4, 0.5) is 23.0 Å². The third-order valence-corrected chi connectivity index (χ3v) is 5.30. The van der Waals surface area contributed by atoms with Gasteiger partial charge in [0, 0.05) is 23.5 Å². The van der Waals surface area contributed by atoms with Crippen LogP contribution in [0, 0.1) is 0 Å². The lowest BCUT2D eigenvalue weighted by Gasteiger charge is -2.19. The monoisotopic (exact) mass is 456 g/mol. The number of nitrogens with zero attached hydrogens (tertiary/aromatic N) is 6. The first kappa shape index (κ1) is 20.3. The minimum absolute atomic E-state index is 0.0262. The van der Waals surface area contributed by atoms with E-state index >= 15 is 0 Å².